The van der Waals surface area contributed by atoms with E-state index in [9.17, 15) is 9.59 Å². The normalized spacial score (nSPS) is 24.2. The minimum absolute atomic E-state index is 0.0585. The maximum atomic E-state index is 12.2. The third-order valence-electron chi connectivity index (χ3n) is 5.31. The zero-order chi connectivity index (χ0) is 18.6. The monoisotopic (exact) mass is 365 g/mol. The maximum Gasteiger partial charge on any atom is 0.292 e. The minimum Gasteiger partial charge on any atom is -0.383 e. The van der Waals surface area contributed by atoms with Gasteiger partial charge >= 0.3 is 0 Å². The van der Waals surface area contributed by atoms with Gasteiger partial charge in [-0.05, 0) is 25.8 Å². The summed E-state index contributed by atoms with van der Waals surface area (Å²) in [5, 5.41) is 6.21. The van der Waals surface area contributed by atoms with Gasteiger partial charge in [0.25, 0.3) is 11.7 Å². The van der Waals surface area contributed by atoms with Crippen LogP contribution in [0.15, 0.2) is 4.52 Å². The van der Waals surface area contributed by atoms with Crippen molar-refractivity contribution in [1.82, 2.24) is 25.3 Å². The number of ether oxygens (including phenoxy) is 1. The van der Waals surface area contributed by atoms with Gasteiger partial charge in [0.15, 0.2) is 0 Å². The highest BCUT2D eigenvalue weighted by Crippen LogP contribution is 2.39. The Kier molecular flexibility index (Phi) is 5.87. The summed E-state index contributed by atoms with van der Waals surface area (Å²) in [5.74, 6) is 0.374. The van der Waals surface area contributed by atoms with E-state index in [1.165, 1.54) is 7.05 Å². The topological polar surface area (TPSA) is 101 Å². The van der Waals surface area contributed by atoms with Crippen molar-refractivity contribution in [2.45, 2.75) is 32.2 Å². The van der Waals surface area contributed by atoms with Gasteiger partial charge in [-0.25, -0.2) is 0 Å². The zero-order valence-corrected chi connectivity index (χ0v) is 15.5. The molecule has 0 aliphatic carbocycles. The summed E-state index contributed by atoms with van der Waals surface area (Å²) < 4.78 is 10.3. The van der Waals surface area contributed by atoms with Gasteiger partial charge in [-0.2, -0.15) is 4.98 Å². The molecule has 0 saturated carbocycles. The summed E-state index contributed by atoms with van der Waals surface area (Å²) in [7, 11) is 3.19. The summed E-state index contributed by atoms with van der Waals surface area (Å²) in [6.45, 7) is 4.36. The van der Waals surface area contributed by atoms with Gasteiger partial charge in [0.2, 0.25) is 11.8 Å². The molecule has 2 amide bonds. The van der Waals surface area contributed by atoms with Gasteiger partial charge in [0.05, 0.1) is 13.2 Å². The van der Waals surface area contributed by atoms with Crippen LogP contribution in [0.1, 0.15) is 42.2 Å². The van der Waals surface area contributed by atoms with Crippen LogP contribution in [0.5, 0.6) is 0 Å². The molecule has 3 rings (SSSR count). The number of rotatable bonds is 6. The molecule has 0 aromatic carbocycles. The van der Waals surface area contributed by atoms with Gasteiger partial charge in [-0.15, -0.1) is 0 Å². The van der Waals surface area contributed by atoms with Crippen LogP contribution in [0.25, 0.3) is 0 Å². The highest BCUT2D eigenvalue weighted by molar-refractivity contribution is 5.89. The average Bonchev–Trinajstić information content (AvgIpc) is 3.11. The second-order valence-electron chi connectivity index (χ2n) is 7.21. The number of hydrogen-bond donors (Lipinski definition) is 1. The number of carbonyl (C=O) groups is 2. The summed E-state index contributed by atoms with van der Waals surface area (Å²) in [6, 6.07) is 0. The molecule has 1 spiro atoms. The predicted octanol–water partition coefficient (Wildman–Crippen LogP) is 0.280. The summed E-state index contributed by atoms with van der Waals surface area (Å²) in [4.78, 5) is 32.1. The van der Waals surface area contributed by atoms with Crippen LogP contribution >= 0.6 is 0 Å². The first-order chi connectivity index (χ1) is 12.5. The van der Waals surface area contributed by atoms with Gasteiger partial charge in [0, 0.05) is 45.6 Å². The Bertz CT molecular complexity index is 649. The number of piperidine rings is 2. The van der Waals surface area contributed by atoms with E-state index in [4.69, 9.17) is 9.26 Å². The van der Waals surface area contributed by atoms with E-state index >= 15 is 0 Å². The Labute approximate surface area is 153 Å². The number of aromatic nitrogens is 2. The molecule has 2 saturated heterocycles. The molecule has 0 radical (unpaired) electrons. The van der Waals surface area contributed by atoms with Gasteiger partial charge in [-0.3, -0.25) is 14.5 Å². The lowest BCUT2D eigenvalue weighted by Gasteiger charge is -2.48. The number of methoxy groups -OCH3 is 1. The van der Waals surface area contributed by atoms with Gasteiger partial charge in [-0.1, -0.05) is 5.16 Å². The van der Waals surface area contributed by atoms with Crippen LogP contribution in [-0.2, 0) is 16.1 Å². The average molecular weight is 365 g/mol. The molecule has 2 aliphatic heterocycles. The van der Waals surface area contributed by atoms with Crippen LogP contribution in [0.4, 0.5) is 0 Å². The van der Waals surface area contributed by atoms with E-state index in [0.29, 0.717) is 32.0 Å². The second-order valence-corrected chi connectivity index (χ2v) is 7.21. The van der Waals surface area contributed by atoms with E-state index in [0.717, 1.165) is 38.9 Å². The van der Waals surface area contributed by atoms with E-state index in [2.05, 4.69) is 20.4 Å². The summed E-state index contributed by atoms with van der Waals surface area (Å²) in [5.41, 5.74) is 0.115. The van der Waals surface area contributed by atoms with Crippen molar-refractivity contribution in [3.05, 3.63) is 11.7 Å². The summed E-state index contributed by atoms with van der Waals surface area (Å²) >= 11 is 0. The fraction of sp³-hybridized carbons (Fsp3) is 0.765. The Hall–Kier alpha value is -2.00. The number of carbonyl (C=O) groups excluding carboxylic acids is 2. The molecule has 26 heavy (non-hydrogen) atoms. The third-order valence-corrected chi connectivity index (χ3v) is 5.31. The lowest BCUT2D eigenvalue weighted by molar-refractivity contribution is -0.140. The smallest absolute Gasteiger partial charge is 0.292 e. The second kappa shape index (κ2) is 8.13. The highest BCUT2D eigenvalue weighted by Gasteiger charge is 2.41. The molecule has 1 aromatic heterocycles. The molecular formula is C17H27N5O4. The SMILES string of the molecule is CNC(=O)c1noc(CN2CCCC3(CCC(=O)N(CCOC)C3)C2)n1. The first kappa shape index (κ1) is 18.8. The van der Waals surface area contributed by atoms with E-state index in [1.54, 1.807) is 7.11 Å². The Morgan fingerprint density at radius 2 is 2.23 bits per heavy atom. The molecule has 9 heteroatoms. The molecule has 3 heterocycles. The van der Waals surface area contributed by atoms with Gasteiger partial charge in [0.1, 0.15) is 0 Å². The molecule has 2 aliphatic rings. The Morgan fingerprint density at radius 3 is 3.00 bits per heavy atom. The molecule has 0 bridgehead atoms. The number of hydrogen-bond acceptors (Lipinski definition) is 7. The molecule has 2 fully saturated rings. The number of likely N-dealkylation sites (tertiary alicyclic amines) is 2. The highest BCUT2D eigenvalue weighted by atomic mass is 16.5. The van der Waals surface area contributed by atoms with Crippen LogP contribution in [0.2, 0.25) is 0 Å². The molecule has 1 N–H and O–H groups in total. The van der Waals surface area contributed by atoms with Crippen LogP contribution in [-0.4, -0.2) is 78.7 Å². The third kappa shape index (κ3) is 4.21. The Balaban J connectivity index is 1.62. The Morgan fingerprint density at radius 1 is 1.38 bits per heavy atom. The summed E-state index contributed by atoms with van der Waals surface area (Å²) in [6.07, 6.45) is 3.70. The van der Waals surface area contributed by atoms with Crippen molar-refractivity contribution in [3.8, 4) is 0 Å². The fourth-order valence-electron chi connectivity index (χ4n) is 4.00. The van der Waals surface area contributed by atoms with Crippen molar-refractivity contribution < 1.29 is 18.8 Å². The van der Waals surface area contributed by atoms with Crippen molar-refractivity contribution in [2.75, 3.05) is 46.9 Å². The molecular weight excluding hydrogens is 338 g/mol. The van der Waals surface area contributed by atoms with Crippen molar-refractivity contribution >= 4 is 11.8 Å². The first-order valence-electron chi connectivity index (χ1n) is 9.09. The molecule has 1 atom stereocenters. The maximum absolute atomic E-state index is 12.2. The molecule has 9 nitrogen and oxygen atoms in total. The van der Waals surface area contributed by atoms with E-state index < -0.39 is 0 Å². The lowest BCUT2D eigenvalue weighted by atomic mass is 9.73. The van der Waals surface area contributed by atoms with Crippen LogP contribution < -0.4 is 5.32 Å². The molecule has 1 aromatic rings. The molecule has 144 valence electrons. The van der Waals surface area contributed by atoms with Crippen molar-refractivity contribution in [2.24, 2.45) is 5.41 Å². The minimum atomic E-state index is -0.352. The standard InChI is InChI=1S/C17H27N5O4/c1-18-16(24)15-19-13(26-20-15)10-21-7-3-5-17(11-21)6-4-14(23)22(12-17)8-9-25-2/h3-12H2,1-2H3,(H,18,24). The molecule has 1 unspecified atom stereocenters. The van der Waals surface area contributed by atoms with Crippen molar-refractivity contribution in [3.63, 3.8) is 0 Å². The number of amides is 2. The van der Waals surface area contributed by atoms with Crippen molar-refractivity contribution in [1.29, 1.82) is 0 Å². The largest absolute Gasteiger partial charge is 0.383 e. The first-order valence-corrected chi connectivity index (χ1v) is 9.09. The number of nitrogens with one attached hydrogen (secondary N) is 1. The lowest BCUT2D eigenvalue weighted by Crippen LogP contribution is -2.54. The zero-order valence-electron chi connectivity index (χ0n) is 15.5. The number of nitrogens with zero attached hydrogens (tertiary/aromatic N) is 4. The van der Waals surface area contributed by atoms with Gasteiger partial charge < -0.3 is 19.5 Å². The quantitative estimate of drug-likeness (QED) is 0.773. The fourth-order valence-corrected chi connectivity index (χ4v) is 4.00. The predicted molar refractivity (Wildman–Crippen MR) is 92.3 cm³/mol. The van der Waals surface area contributed by atoms with E-state index in [1.807, 2.05) is 4.90 Å². The van der Waals surface area contributed by atoms with E-state index in [-0.39, 0.29) is 23.1 Å². The van der Waals surface area contributed by atoms with Crippen LogP contribution in [0.3, 0.4) is 0 Å². The van der Waals surface area contributed by atoms with Crippen LogP contribution in [0, 0.1) is 5.41 Å².